The number of benzene rings is 2. The van der Waals surface area contributed by atoms with Gasteiger partial charge in [0.15, 0.2) is 0 Å². The second kappa shape index (κ2) is 8.94. The van der Waals surface area contributed by atoms with Gasteiger partial charge in [-0.15, -0.1) is 0 Å². The van der Waals surface area contributed by atoms with Gasteiger partial charge < -0.3 is 10.1 Å². The number of halogens is 1. The molecule has 0 aromatic heterocycles. The average Bonchev–Trinajstić information content (AvgIpc) is 2.65. The summed E-state index contributed by atoms with van der Waals surface area (Å²) in [5, 5.41) is 3.60. The number of hydrogen-bond acceptors (Lipinski definition) is 4. The van der Waals surface area contributed by atoms with E-state index in [0.717, 1.165) is 9.87 Å². The first-order chi connectivity index (χ1) is 13.1. The SMILES string of the molecule is COc1ccc(C(=O)NC(c2ccc(Cl)cc2)C(C)C)cc1S(=O)(=O)N(C)C. The molecule has 152 valence electrons. The van der Waals surface area contributed by atoms with Crippen LogP contribution in [0.15, 0.2) is 47.4 Å². The maximum Gasteiger partial charge on any atom is 0.251 e. The summed E-state index contributed by atoms with van der Waals surface area (Å²) in [7, 11) is 0.479. The Kier molecular flexibility index (Phi) is 7.09. The van der Waals surface area contributed by atoms with Crippen LogP contribution in [-0.2, 0) is 10.0 Å². The van der Waals surface area contributed by atoms with Crippen LogP contribution in [0.1, 0.15) is 35.8 Å². The molecule has 2 aromatic rings. The lowest BCUT2D eigenvalue weighted by Crippen LogP contribution is -2.32. The fourth-order valence-corrected chi connectivity index (χ4v) is 3.95. The number of nitrogens with one attached hydrogen (secondary N) is 1. The second-order valence-corrected chi connectivity index (χ2v) is 9.46. The zero-order chi connectivity index (χ0) is 21.1. The van der Waals surface area contributed by atoms with Crippen molar-refractivity contribution in [2.45, 2.75) is 24.8 Å². The number of nitrogens with zero attached hydrogens (tertiary/aromatic N) is 1. The molecule has 1 unspecified atom stereocenters. The summed E-state index contributed by atoms with van der Waals surface area (Å²) < 4.78 is 31.4. The van der Waals surface area contributed by atoms with E-state index in [-0.39, 0.29) is 34.1 Å². The highest BCUT2D eigenvalue weighted by Crippen LogP contribution is 2.28. The maximum absolute atomic E-state index is 12.9. The summed E-state index contributed by atoms with van der Waals surface area (Å²) in [5.41, 5.74) is 1.16. The molecule has 0 saturated carbocycles. The molecule has 6 nitrogen and oxygen atoms in total. The van der Waals surface area contributed by atoms with E-state index in [9.17, 15) is 13.2 Å². The van der Waals surface area contributed by atoms with Gasteiger partial charge in [0.2, 0.25) is 10.0 Å². The lowest BCUT2D eigenvalue weighted by atomic mass is 9.95. The highest BCUT2D eigenvalue weighted by atomic mass is 35.5. The van der Waals surface area contributed by atoms with Gasteiger partial charge in [0.05, 0.1) is 13.2 Å². The molecule has 0 fully saturated rings. The molecule has 28 heavy (non-hydrogen) atoms. The van der Waals surface area contributed by atoms with Gasteiger partial charge >= 0.3 is 0 Å². The van der Waals surface area contributed by atoms with E-state index in [1.807, 2.05) is 26.0 Å². The molecule has 1 atom stereocenters. The van der Waals surface area contributed by atoms with Crippen LogP contribution >= 0.6 is 11.6 Å². The van der Waals surface area contributed by atoms with Crippen LogP contribution in [-0.4, -0.2) is 39.8 Å². The van der Waals surface area contributed by atoms with Gasteiger partial charge in [-0.05, 0) is 41.8 Å². The molecular formula is C20H25ClN2O4S. The molecule has 0 bridgehead atoms. The topological polar surface area (TPSA) is 75.7 Å². The number of hydrogen-bond donors (Lipinski definition) is 1. The number of ether oxygens (including phenoxy) is 1. The van der Waals surface area contributed by atoms with Gasteiger partial charge in [0.25, 0.3) is 5.91 Å². The third kappa shape index (κ3) is 4.84. The van der Waals surface area contributed by atoms with Crippen molar-refractivity contribution in [3.63, 3.8) is 0 Å². The van der Waals surface area contributed by atoms with E-state index in [0.29, 0.717) is 5.02 Å². The third-order valence-electron chi connectivity index (χ3n) is 4.37. The first-order valence-electron chi connectivity index (χ1n) is 8.74. The fraction of sp³-hybridized carbons (Fsp3) is 0.350. The van der Waals surface area contributed by atoms with E-state index in [4.69, 9.17) is 16.3 Å². The zero-order valence-corrected chi connectivity index (χ0v) is 18.1. The van der Waals surface area contributed by atoms with Crippen LogP contribution in [0, 0.1) is 5.92 Å². The maximum atomic E-state index is 12.9. The van der Waals surface area contributed by atoms with Gasteiger partial charge in [-0.3, -0.25) is 4.79 Å². The van der Waals surface area contributed by atoms with E-state index < -0.39 is 10.0 Å². The molecule has 0 heterocycles. The average molecular weight is 425 g/mol. The van der Waals surface area contributed by atoms with Crippen LogP contribution in [0.2, 0.25) is 5.02 Å². The first kappa shape index (κ1) is 22.2. The van der Waals surface area contributed by atoms with Gasteiger partial charge in [0.1, 0.15) is 10.6 Å². The van der Waals surface area contributed by atoms with Crippen LogP contribution in [0.3, 0.4) is 0 Å². The highest BCUT2D eigenvalue weighted by Gasteiger charge is 2.25. The lowest BCUT2D eigenvalue weighted by Gasteiger charge is -2.23. The van der Waals surface area contributed by atoms with Crippen molar-refractivity contribution in [1.29, 1.82) is 0 Å². The van der Waals surface area contributed by atoms with Crippen molar-refractivity contribution < 1.29 is 17.9 Å². The molecule has 0 saturated heterocycles. The van der Waals surface area contributed by atoms with E-state index in [1.165, 1.54) is 33.3 Å². The number of sulfonamides is 1. The smallest absolute Gasteiger partial charge is 0.251 e. The molecule has 1 amide bonds. The predicted octanol–water partition coefficient (Wildman–Crippen LogP) is 3.73. The minimum atomic E-state index is -3.76. The van der Waals surface area contributed by atoms with E-state index in [2.05, 4.69) is 5.32 Å². The normalized spacial score (nSPS) is 12.9. The molecule has 0 radical (unpaired) electrons. The van der Waals surface area contributed by atoms with Crippen molar-refractivity contribution in [2.24, 2.45) is 5.92 Å². The monoisotopic (exact) mass is 424 g/mol. The van der Waals surface area contributed by atoms with Gasteiger partial charge in [-0.1, -0.05) is 37.6 Å². The Morgan fingerprint density at radius 1 is 1.11 bits per heavy atom. The molecule has 1 N–H and O–H groups in total. The van der Waals surface area contributed by atoms with Crippen molar-refractivity contribution in [3.05, 3.63) is 58.6 Å². The Labute approximate surface area is 171 Å². The van der Waals surface area contributed by atoms with E-state index >= 15 is 0 Å². The summed E-state index contributed by atoms with van der Waals surface area (Å²) in [6, 6.07) is 11.4. The zero-order valence-electron chi connectivity index (χ0n) is 16.6. The summed E-state index contributed by atoms with van der Waals surface area (Å²) >= 11 is 5.95. The molecule has 0 aliphatic rings. The standard InChI is InChI=1S/C20H25ClN2O4S/c1-13(2)19(14-6-9-16(21)10-7-14)22-20(24)15-8-11-17(27-5)18(12-15)28(25,26)23(3)4/h6-13,19H,1-5H3,(H,22,24). The minimum absolute atomic E-state index is 0.0553. The fourth-order valence-electron chi connectivity index (χ4n) is 2.75. The first-order valence-corrected chi connectivity index (χ1v) is 10.6. The summed E-state index contributed by atoms with van der Waals surface area (Å²) in [4.78, 5) is 12.8. The molecule has 8 heteroatoms. The Bertz CT molecular complexity index is 941. The molecule has 0 spiro atoms. The summed E-state index contributed by atoms with van der Waals surface area (Å²) in [6.45, 7) is 3.99. The highest BCUT2D eigenvalue weighted by molar-refractivity contribution is 7.89. The number of rotatable bonds is 7. The third-order valence-corrected chi connectivity index (χ3v) is 6.46. The molecule has 2 rings (SSSR count). The molecule has 2 aromatic carbocycles. The van der Waals surface area contributed by atoms with Crippen molar-refractivity contribution in [1.82, 2.24) is 9.62 Å². The van der Waals surface area contributed by atoms with Crippen LogP contribution in [0.25, 0.3) is 0 Å². The van der Waals surface area contributed by atoms with Gasteiger partial charge in [0, 0.05) is 24.7 Å². The van der Waals surface area contributed by atoms with Crippen LogP contribution < -0.4 is 10.1 Å². The predicted molar refractivity (Wildman–Crippen MR) is 110 cm³/mol. The Morgan fingerprint density at radius 2 is 1.71 bits per heavy atom. The number of carbonyl (C=O) groups excluding carboxylic acids is 1. The van der Waals surface area contributed by atoms with Crippen molar-refractivity contribution in [2.75, 3.05) is 21.2 Å². The summed E-state index contributed by atoms with van der Waals surface area (Å²) in [6.07, 6.45) is 0. The van der Waals surface area contributed by atoms with Crippen LogP contribution in [0.5, 0.6) is 5.75 Å². The molecule has 0 aliphatic carbocycles. The van der Waals surface area contributed by atoms with E-state index in [1.54, 1.807) is 18.2 Å². The molecular weight excluding hydrogens is 400 g/mol. The van der Waals surface area contributed by atoms with Crippen LogP contribution in [0.4, 0.5) is 0 Å². The van der Waals surface area contributed by atoms with Gasteiger partial charge in [-0.2, -0.15) is 0 Å². The number of carbonyl (C=O) groups is 1. The van der Waals surface area contributed by atoms with Gasteiger partial charge in [-0.25, -0.2) is 12.7 Å². The Balaban J connectivity index is 2.39. The number of amides is 1. The summed E-state index contributed by atoms with van der Waals surface area (Å²) in [5.74, 6) is -0.0665. The second-order valence-electron chi connectivity index (χ2n) is 6.90. The minimum Gasteiger partial charge on any atom is -0.495 e. The van der Waals surface area contributed by atoms with Crippen molar-refractivity contribution >= 4 is 27.5 Å². The quantitative estimate of drug-likeness (QED) is 0.734. The van der Waals surface area contributed by atoms with Crippen molar-refractivity contribution in [3.8, 4) is 5.75 Å². The Morgan fingerprint density at radius 3 is 2.21 bits per heavy atom. The molecule has 0 aliphatic heterocycles. The largest absolute Gasteiger partial charge is 0.495 e. The number of methoxy groups -OCH3 is 1. The lowest BCUT2D eigenvalue weighted by molar-refractivity contribution is 0.0925. The Hall–Kier alpha value is -2.09.